The second kappa shape index (κ2) is 6.23. The van der Waals surface area contributed by atoms with Gasteiger partial charge < -0.3 is 10.1 Å². The van der Waals surface area contributed by atoms with Crippen molar-refractivity contribution in [2.75, 3.05) is 19.8 Å². The number of hydrogen-bond acceptors (Lipinski definition) is 3. The van der Waals surface area contributed by atoms with E-state index in [4.69, 9.17) is 4.74 Å². The predicted molar refractivity (Wildman–Crippen MR) is 76.7 cm³/mol. The molecule has 2 rings (SSSR count). The molecule has 94 valence electrons. The highest BCUT2D eigenvalue weighted by Gasteiger charge is 2.20. The fraction of sp³-hybridized carbons (Fsp3) is 0.538. The van der Waals surface area contributed by atoms with Gasteiger partial charge in [0.1, 0.15) is 0 Å². The SMILES string of the molecule is CCNC(C)c1ccc(SC2COC2)c(Br)c1. The lowest BCUT2D eigenvalue weighted by molar-refractivity contribution is 0.0455. The zero-order chi connectivity index (χ0) is 12.3. The van der Waals surface area contributed by atoms with Crippen LogP contribution in [0.5, 0.6) is 0 Å². The number of hydrogen-bond donors (Lipinski definition) is 1. The van der Waals surface area contributed by atoms with Crippen molar-refractivity contribution in [3.63, 3.8) is 0 Å². The third-order valence-corrected chi connectivity index (χ3v) is 5.00. The summed E-state index contributed by atoms with van der Waals surface area (Å²) in [4.78, 5) is 1.31. The molecule has 0 aromatic heterocycles. The Labute approximate surface area is 116 Å². The molecule has 1 saturated heterocycles. The molecule has 1 atom stereocenters. The Morgan fingerprint density at radius 1 is 1.53 bits per heavy atom. The van der Waals surface area contributed by atoms with Crippen LogP contribution in [0, 0.1) is 0 Å². The summed E-state index contributed by atoms with van der Waals surface area (Å²) in [5, 5.41) is 4.05. The van der Waals surface area contributed by atoms with E-state index in [0.29, 0.717) is 11.3 Å². The van der Waals surface area contributed by atoms with Gasteiger partial charge in [0.2, 0.25) is 0 Å². The molecule has 1 unspecified atom stereocenters. The lowest BCUT2D eigenvalue weighted by Crippen LogP contribution is -2.30. The molecule has 0 saturated carbocycles. The fourth-order valence-corrected chi connectivity index (χ4v) is 3.45. The summed E-state index contributed by atoms with van der Waals surface area (Å²) in [6.45, 7) is 7.08. The van der Waals surface area contributed by atoms with Gasteiger partial charge in [0.15, 0.2) is 0 Å². The van der Waals surface area contributed by atoms with E-state index in [1.165, 1.54) is 14.9 Å². The van der Waals surface area contributed by atoms with Crippen LogP contribution in [0.15, 0.2) is 27.6 Å². The Hall–Kier alpha value is -0.0300. The van der Waals surface area contributed by atoms with E-state index >= 15 is 0 Å². The van der Waals surface area contributed by atoms with Crippen molar-refractivity contribution >= 4 is 27.7 Å². The van der Waals surface area contributed by atoms with Crippen molar-refractivity contribution in [2.24, 2.45) is 0 Å². The van der Waals surface area contributed by atoms with E-state index < -0.39 is 0 Å². The van der Waals surface area contributed by atoms with Crippen LogP contribution in [0.25, 0.3) is 0 Å². The minimum absolute atomic E-state index is 0.405. The third kappa shape index (κ3) is 3.47. The van der Waals surface area contributed by atoms with Crippen LogP contribution in [0.1, 0.15) is 25.5 Å². The van der Waals surface area contributed by atoms with Crippen molar-refractivity contribution < 1.29 is 4.74 Å². The molecular weight excluding hydrogens is 298 g/mol. The summed E-state index contributed by atoms with van der Waals surface area (Å²) in [6, 6.07) is 7.04. The molecule has 1 N–H and O–H groups in total. The summed E-state index contributed by atoms with van der Waals surface area (Å²) < 4.78 is 6.39. The molecule has 0 aliphatic carbocycles. The maximum atomic E-state index is 5.19. The Morgan fingerprint density at radius 2 is 2.29 bits per heavy atom. The van der Waals surface area contributed by atoms with Crippen LogP contribution in [-0.4, -0.2) is 25.0 Å². The summed E-state index contributed by atoms with van der Waals surface area (Å²) in [7, 11) is 0. The van der Waals surface area contributed by atoms with Gasteiger partial charge in [-0.3, -0.25) is 0 Å². The molecule has 4 heteroatoms. The van der Waals surface area contributed by atoms with Gasteiger partial charge in [-0.25, -0.2) is 0 Å². The van der Waals surface area contributed by atoms with Crippen molar-refractivity contribution in [3.8, 4) is 0 Å². The van der Waals surface area contributed by atoms with Gasteiger partial charge in [0.05, 0.1) is 18.5 Å². The van der Waals surface area contributed by atoms with E-state index in [2.05, 4.69) is 53.3 Å². The van der Waals surface area contributed by atoms with E-state index in [1.54, 1.807) is 0 Å². The highest BCUT2D eigenvalue weighted by Crippen LogP contribution is 2.34. The first kappa shape index (κ1) is 13.4. The van der Waals surface area contributed by atoms with Gasteiger partial charge in [-0.1, -0.05) is 13.0 Å². The van der Waals surface area contributed by atoms with Gasteiger partial charge in [0, 0.05) is 15.4 Å². The van der Waals surface area contributed by atoms with Gasteiger partial charge in [0.25, 0.3) is 0 Å². The number of benzene rings is 1. The molecule has 1 heterocycles. The average molecular weight is 316 g/mol. The molecule has 0 spiro atoms. The minimum Gasteiger partial charge on any atom is -0.379 e. The maximum absolute atomic E-state index is 5.19. The zero-order valence-electron chi connectivity index (χ0n) is 10.2. The molecule has 1 aliphatic heterocycles. The van der Waals surface area contributed by atoms with Crippen molar-refractivity contribution in [2.45, 2.75) is 30.0 Å². The van der Waals surface area contributed by atoms with Crippen LogP contribution in [0.3, 0.4) is 0 Å². The highest BCUT2D eigenvalue weighted by atomic mass is 79.9. The molecule has 1 aliphatic rings. The number of rotatable bonds is 5. The second-order valence-electron chi connectivity index (χ2n) is 4.25. The lowest BCUT2D eigenvalue weighted by atomic mass is 10.1. The van der Waals surface area contributed by atoms with Crippen LogP contribution >= 0.6 is 27.7 Å². The van der Waals surface area contributed by atoms with E-state index in [-0.39, 0.29) is 0 Å². The Kier molecular flexibility index (Phi) is 4.91. The monoisotopic (exact) mass is 315 g/mol. The van der Waals surface area contributed by atoms with Crippen molar-refractivity contribution in [1.82, 2.24) is 5.32 Å². The molecule has 17 heavy (non-hydrogen) atoms. The van der Waals surface area contributed by atoms with Gasteiger partial charge in [-0.05, 0) is 47.1 Å². The molecule has 1 aromatic carbocycles. The van der Waals surface area contributed by atoms with Crippen LogP contribution in [-0.2, 0) is 4.74 Å². The Bertz CT molecular complexity index is 382. The number of ether oxygens (including phenoxy) is 1. The van der Waals surface area contributed by atoms with Crippen LogP contribution in [0.4, 0.5) is 0 Å². The maximum Gasteiger partial charge on any atom is 0.0611 e. The Balaban J connectivity index is 2.04. The van der Waals surface area contributed by atoms with Gasteiger partial charge in [-0.15, -0.1) is 11.8 Å². The number of thioether (sulfide) groups is 1. The van der Waals surface area contributed by atoms with Gasteiger partial charge in [-0.2, -0.15) is 0 Å². The van der Waals surface area contributed by atoms with E-state index in [9.17, 15) is 0 Å². The molecule has 2 nitrogen and oxygen atoms in total. The molecule has 1 aromatic rings. The Morgan fingerprint density at radius 3 is 2.82 bits per heavy atom. The zero-order valence-corrected chi connectivity index (χ0v) is 12.6. The lowest BCUT2D eigenvalue weighted by Gasteiger charge is -2.25. The summed E-state index contributed by atoms with van der Waals surface area (Å²) >= 11 is 5.56. The first-order chi connectivity index (χ1) is 8.20. The third-order valence-electron chi connectivity index (χ3n) is 2.87. The highest BCUT2D eigenvalue weighted by molar-refractivity contribution is 9.10. The molecular formula is C13H18BrNOS. The fourth-order valence-electron chi connectivity index (χ4n) is 1.77. The topological polar surface area (TPSA) is 21.3 Å². The van der Waals surface area contributed by atoms with Crippen molar-refractivity contribution in [1.29, 1.82) is 0 Å². The van der Waals surface area contributed by atoms with E-state index in [1.807, 2.05) is 11.8 Å². The van der Waals surface area contributed by atoms with Crippen LogP contribution in [0.2, 0.25) is 0 Å². The number of halogens is 1. The standard InChI is InChI=1S/C13H18BrNOS/c1-3-15-9(2)10-4-5-13(12(14)6-10)17-11-7-16-8-11/h4-6,9,11,15H,3,7-8H2,1-2H3. The van der Waals surface area contributed by atoms with E-state index in [0.717, 1.165) is 19.8 Å². The van der Waals surface area contributed by atoms with Crippen molar-refractivity contribution in [3.05, 3.63) is 28.2 Å². The number of nitrogens with one attached hydrogen (secondary N) is 1. The molecule has 0 bridgehead atoms. The minimum atomic E-state index is 0.405. The molecule has 0 amide bonds. The summed E-state index contributed by atoms with van der Waals surface area (Å²) in [5.41, 5.74) is 1.33. The first-order valence-corrected chi connectivity index (χ1v) is 7.65. The predicted octanol–water partition coefficient (Wildman–Crippen LogP) is 3.61. The largest absolute Gasteiger partial charge is 0.379 e. The smallest absolute Gasteiger partial charge is 0.0611 e. The summed E-state index contributed by atoms with van der Waals surface area (Å²) in [5.74, 6) is 0. The molecule has 1 fully saturated rings. The second-order valence-corrected chi connectivity index (χ2v) is 6.44. The molecule has 0 radical (unpaired) electrons. The summed E-state index contributed by atoms with van der Waals surface area (Å²) in [6.07, 6.45) is 0. The quantitative estimate of drug-likeness (QED) is 0.897. The van der Waals surface area contributed by atoms with Crippen LogP contribution < -0.4 is 5.32 Å². The normalized spacial score (nSPS) is 17.8. The van der Waals surface area contributed by atoms with Gasteiger partial charge >= 0.3 is 0 Å². The first-order valence-electron chi connectivity index (χ1n) is 5.98. The average Bonchev–Trinajstić information content (AvgIpc) is 2.25.